The SMILES string of the molecule is CC(I)N(C)[C@@H]1CC=C(CC[C@H](C)F)CCC1. The van der Waals surface area contributed by atoms with E-state index in [0.29, 0.717) is 16.5 Å². The summed E-state index contributed by atoms with van der Waals surface area (Å²) in [6.45, 7) is 3.90. The van der Waals surface area contributed by atoms with E-state index in [2.05, 4.69) is 47.5 Å². The monoisotopic (exact) mass is 353 g/mol. The second-order valence-corrected chi connectivity index (χ2v) is 7.01. The van der Waals surface area contributed by atoms with Gasteiger partial charge in [0.1, 0.15) is 0 Å². The molecule has 1 rings (SSSR count). The highest BCUT2D eigenvalue weighted by molar-refractivity contribution is 14.1. The third-order valence-electron chi connectivity index (χ3n) is 3.71. The molecule has 0 fully saturated rings. The van der Waals surface area contributed by atoms with E-state index in [9.17, 15) is 4.39 Å². The molecule has 1 unspecified atom stereocenters. The lowest BCUT2D eigenvalue weighted by molar-refractivity contribution is 0.232. The molecule has 0 aliphatic heterocycles. The first-order valence-electron chi connectivity index (χ1n) is 6.68. The van der Waals surface area contributed by atoms with Gasteiger partial charge in [0.15, 0.2) is 0 Å². The molecule has 0 aromatic heterocycles. The standard InChI is InChI=1S/C14H25FIN/c1-11(15)7-8-13-5-4-6-14(10-9-13)17(3)12(2)16/h9,11-12,14H,4-8,10H2,1-3H3/t11-,12?,14-/m0/s1. The zero-order valence-electron chi connectivity index (χ0n) is 11.3. The molecular weight excluding hydrogens is 328 g/mol. The summed E-state index contributed by atoms with van der Waals surface area (Å²) in [5.74, 6) is 0. The fraction of sp³-hybridized carbons (Fsp3) is 0.857. The third kappa shape index (κ3) is 5.69. The van der Waals surface area contributed by atoms with Crippen molar-refractivity contribution in [3.8, 4) is 0 Å². The summed E-state index contributed by atoms with van der Waals surface area (Å²) in [5, 5.41) is 0. The Balaban J connectivity index is 2.46. The maximum atomic E-state index is 12.8. The maximum Gasteiger partial charge on any atom is 0.0976 e. The molecular formula is C14H25FIN. The minimum Gasteiger partial charge on any atom is -0.292 e. The molecule has 1 nitrogen and oxygen atoms in total. The highest BCUT2D eigenvalue weighted by Gasteiger charge is 2.19. The van der Waals surface area contributed by atoms with E-state index < -0.39 is 6.17 Å². The van der Waals surface area contributed by atoms with Crippen molar-refractivity contribution in [2.75, 3.05) is 7.05 Å². The third-order valence-corrected chi connectivity index (χ3v) is 4.59. The average molecular weight is 353 g/mol. The van der Waals surface area contributed by atoms with Crippen LogP contribution in [-0.4, -0.2) is 28.2 Å². The second kappa shape index (κ2) is 7.72. The van der Waals surface area contributed by atoms with Gasteiger partial charge >= 0.3 is 0 Å². The molecule has 0 aromatic rings. The van der Waals surface area contributed by atoms with Crippen LogP contribution in [0.5, 0.6) is 0 Å². The summed E-state index contributed by atoms with van der Waals surface area (Å²) >= 11 is 2.47. The van der Waals surface area contributed by atoms with Gasteiger partial charge in [-0.3, -0.25) is 4.90 Å². The Morgan fingerprint density at radius 1 is 1.53 bits per heavy atom. The topological polar surface area (TPSA) is 3.24 Å². The van der Waals surface area contributed by atoms with Gasteiger partial charge in [0.25, 0.3) is 0 Å². The number of hydrogen-bond donors (Lipinski definition) is 0. The Bertz CT molecular complexity index is 251. The Kier molecular flexibility index (Phi) is 7.00. The van der Waals surface area contributed by atoms with Crippen LogP contribution in [0.1, 0.15) is 52.4 Å². The number of halogens is 2. The lowest BCUT2D eigenvalue weighted by Gasteiger charge is -2.28. The summed E-state index contributed by atoms with van der Waals surface area (Å²) in [6.07, 6.45) is 8.19. The van der Waals surface area contributed by atoms with Crippen molar-refractivity contribution in [3.63, 3.8) is 0 Å². The lowest BCUT2D eigenvalue weighted by Crippen LogP contribution is -2.34. The number of nitrogens with zero attached hydrogens (tertiary/aromatic N) is 1. The van der Waals surface area contributed by atoms with Crippen molar-refractivity contribution in [3.05, 3.63) is 11.6 Å². The van der Waals surface area contributed by atoms with Gasteiger partial charge in [-0.05, 0) is 59.4 Å². The first-order chi connectivity index (χ1) is 8.00. The van der Waals surface area contributed by atoms with Gasteiger partial charge in [0, 0.05) is 6.04 Å². The van der Waals surface area contributed by atoms with Gasteiger partial charge in [0.05, 0.1) is 10.2 Å². The van der Waals surface area contributed by atoms with Crippen LogP contribution in [-0.2, 0) is 0 Å². The number of hydrogen-bond acceptors (Lipinski definition) is 1. The smallest absolute Gasteiger partial charge is 0.0976 e. The highest BCUT2D eigenvalue weighted by Crippen LogP contribution is 2.26. The Labute approximate surface area is 119 Å². The van der Waals surface area contributed by atoms with Crippen molar-refractivity contribution in [2.45, 2.75) is 68.6 Å². The minimum atomic E-state index is -0.660. The van der Waals surface area contributed by atoms with E-state index in [-0.39, 0.29) is 0 Å². The zero-order chi connectivity index (χ0) is 12.8. The van der Waals surface area contributed by atoms with Crippen LogP contribution in [0.3, 0.4) is 0 Å². The quantitative estimate of drug-likeness (QED) is 0.300. The molecule has 0 aromatic carbocycles. The van der Waals surface area contributed by atoms with Crippen LogP contribution in [0, 0.1) is 0 Å². The number of alkyl halides is 2. The van der Waals surface area contributed by atoms with Crippen molar-refractivity contribution >= 4 is 22.6 Å². The summed E-state index contributed by atoms with van der Waals surface area (Å²) in [4.78, 5) is 2.46. The normalized spacial score (nSPS) is 25.3. The van der Waals surface area contributed by atoms with Gasteiger partial charge in [-0.2, -0.15) is 0 Å². The molecule has 0 heterocycles. The van der Waals surface area contributed by atoms with Crippen LogP contribution in [0.15, 0.2) is 11.6 Å². The van der Waals surface area contributed by atoms with Crippen molar-refractivity contribution in [2.24, 2.45) is 0 Å². The molecule has 3 heteroatoms. The van der Waals surface area contributed by atoms with E-state index in [0.717, 1.165) is 12.8 Å². The first-order valence-corrected chi connectivity index (χ1v) is 7.93. The highest BCUT2D eigenvalue weighted by atomic mass is 127. The van der Waals surface area contributed by atoms with E-state index in [4.69, 9.17) is 0 Å². The Hall–Kier alpha value is 0.360. The largest absolute Gasteiger partial charge is 0.292 e. The Morgan fingerprint density at radius 2 is 2.24 bits per heavy atom. The Morgan fingerprint density at radius 3 is 2.82 bits per heavy atom. The van der Waals surface area contributed by atoms with Crippen molar-refractivity contribution in [1.29, 1.82) is 0 Å². The summed E-state index contributed by atoms with van der Waals surface area (Å²) in [6, 6.07) is 0.669. The summed E-state index contributed by atoms with van der Waals surface area (Å²) in [7, 11) is 2.21. The molecule has 100 valence electrons. The average Bonchev–Trinajstić information content (AvgIpc) is 2.50. The van der Waals surface area contributed by atoms with Crippen molar-refractivity contribution < 1.29 is 4.39 Å². The van der Waals surface area contributed by atoms with Gasteiger partial charge < -0.3 is 0 Å². The predicted octanol–water partition coefficient (Wildman–Crippen LogP) is 4.71. The van der Waals surface area contributed by atoms with Gasteiger partial charge in [-0.1, -0.05) is 34.2 Å². The molecule has 0 amide bonds. The maximum absolute atomic E-state index is 12.8. The van der Waals surface area contributed by atoms with Gasteiger partial charge in [0.2, 0.25) is 0 Å². The molecule has 17 heavy (non-hydrogen) atoms. The summed E-state index contributed by atoms with van der Waals surface area (Å²) < 4.78 is 13.4. The number of allylic oxidation sites excluding steroid dienone is 1. The second-order valence-electron chi connectivity index (χ2n) is 5.20. The zero-order valence-corrected chi connectivity index (χ0v) is 13.4. The molecule has 0 radical (unpaired) electrons. The van der Waals surface area contributed by atoms with E-state index in [1.54, 1.807) is 6.92 Å². The summed E-state index contributed by atoms with van der Waals surface area (Å²) in [5.41, 5.74) is 1.48. The van der Waals surface area contributed by atoms with Crippen molar-refractivity contribution in [1.82, 2.24) is 4.90 Å². The molecule has 0 bridgehead atoms. The number of rotatable bonds is 5. The van der Waals surface area contributed by atoms with Crippen LogP contribution in [0.25, 0.3) is 0 Å². The first kappa shape index (κ1) is 15.4. The molecule has 0 N–H and O–H groups in total. The molecule has 1 aliphatic rings. The van der Waals surface area contributed by atoms with Crippen LogP contribution < -0.4 is 0 Å². The van der Waals surface area contributed by atoms with Gasteiger partial charge in [-0.25, -0.2) is 4.39 Å². The molecule has 3 atom stereocenters. The lowest BCUT2D eigenvalue weighted by atomic mass is 10.0. The fourth-order valence-electron chi connectivity index (χ4n) is 2.36. The van der Waals surface area contributed by atoms with Crippen LogP contribution in [0.2, 0.25) is 0 Å². The van der Waals surface area contributed by atoms with E-state index in [1.165, 1.54) is 24.8 Å². The van der Waals surface area contributed by atoms with E-state index in [1.807, 2.05) is 0 Å². The molecule has 0 saturated heterocycles. The molecule has 0 saturated carbocycles. The van der Waals surface area contributed by atoms with Gasteiger partial charge in [-0.15, -0.1) is 0 Å². The fourth-order valence-corrected chi connectivity index (χ4v) is 2.81. The molecule has 1 aliphatic carbocycles. The van der Waals surface area contributed by atoms with Crippen LogP contribution >= 0.6 is 22.6 Å². The minimum absolute atomic E-state index is 0.582. The van der Waals surface area contributed by atoms with Crippen LogP contribution in [0.4, 0.5) is 4.39 Å². The van der Waals surface area contributed by atoms with E-state index >= 15 is 0 Å². The predicted molar refractivity (Wildman–Crippen MR) is 81.4 cm³/mol. The molecule has 0 spiro atoms.